The van der Waals surface area contributed by atoms with Crippen LogP contribution in [0.5, 0.6) is 5.75 Å². The minimum atomic E-state index is -3.97. The van der Waals surface area contributed by atoms with E-state index < -0.39 is 26.8 Å². The van der Waals surface area contributed by atoms with Crippen LogP contribution >= 0.6 is 11.6 Å². The molecular formula is C42H57ClN4O7S. The molecule has 1 amide bonds. The lowest BCUT2D eigenvalue weighted by atomic mass is 9.63. The van der Waals surface area contributed by atoms with E-state index >= 15 is 0 Å². The third-order valence-electron chi connectivity index (χ3n) is 13.6. The number of anilines is 1. The van der Waals surface area contributed by atoms with Crippen molar-refractivity contribution in [3.05, 3.63) is 70.3 Å². The molecule has 4 heterocycles. The van der Waals surface area contributed by atoms with Crippen molar-refractivity contribution in [2.75, 3.05) is 84.2 Å². The number of piperazine rings is 1. The van der Waals surface area contributed by atoms with E-state index in [9.17, 15) is 13.2 Å². The van der Waals surface area contributed by atoms with Gasteiger partial charge in [-0.2, -0.15) is 0 Å². The van der Waals surface area contributed by atoms with Crippen molar-refractivity contribution in [3.8, 4) is 5.75 Å². The second-order valence-electron chi connectivity index (χ2n) is 16.9. The molecule has 1 N–H and O–H groups in total. The van der Waals surface area contributed by atoms with Gasteiger partial charge in [0, 0.05) is 75.5 Å². The molecule has 0 radical (unpaired) electrons. The lowest BCUT2D eigenvalue weighted by molar-refractivity contribution is -0.101. The number of carbonyl (C=O) groups excluding carboxylic acids is 1. The number of hydrogen-bond donors (Lipinski definition) is 1. The van der Waals surface area contributed by atoms with E-state index in [1.165, 1.54) is 11.1 Å². The summed E-state index contributed by atoms with van der Waals surface area (Å²) in [5, 5.41) is -0.0452. The van der Waals surface area contributed by atoms with E-state index in [0.29, 0.717) is 50.0 Å². The van der Waals surface area contributed by atoms with Crippen LogP contribution in [-0.2, 0) is 36.1 Å². The third-order valence-corrected chi connectivity index (χ3v) is 15.8. The van der Waals surface area contributed by atoms with Crippen molar-refractivity contribution >= 4 is 33.2 Å². The molecule has 300 valence electrons. The molecule has 2 aromatic rings. The summed E-state index contributed by atoms with van der Waals surface area (Å²) in [5.41, 5.74) is 2.84. The number of sulfonamides is 1. The number of carbonyl (C=O) groups is 1. The maximum atomic E-state index is 13.7. The summed E-state index contributed by atoms with van der Waals surface area (Å²) >= 11 is 6.51. The van der Waals surface area contributed by atoms with Crippen LogP contribution in [0, 0.1) is 17.8 Å². The number of aryl methyl sites for hydroxylation is 1. The molecule has 0 unspecified atom stereocenters. The van der Waals surface area contributed by atoms with E-state index in [1.807, 2.05) is 32.2 Å². The minimum Gasteiger partial charge on any atom is -0.490 e. The molecule has 11 nitrogen and oxygen atoms in total. The zero-order valence-electron chi connectivity index (χ0n) is 32.5. The molecule has 1 spiro atoms. The molecule has 6 atom stereocenters. The molecule has 8 rings (SSSR count). The molecule has 3 fully saturated rings. The van der Waals surface area contributed by atoms with Crippen LogP contribution in [0.2, 0.25) is 5.02 Å². The Balaban J connectivity index is 1.14. The molecule has 2 bridgehead atoms. The van der Waals surface area contributed by atoms with Crippen molar-refractivity contribution in [2.45, 2.75) is 74.9 Å². The number of amides is 1. The van der Waals surface area contributed by atoms with Crippen LogP contribution in [-0.4, -0.2) is 121 Å². The summed E-state index contributed by atoms with van der Waals surface area (Å²) in [7, 11) is -2.12. The van der Waals surface area contributed by atoms with Crippen molar-refractivity contribution < 1.29 is 32.2 Å². The molecule has 6 aliphatic rings. The lowest BCUT2D eigenvalue weighted by Crippen LogP contribution is -2.59. The average Bonchev–Trinajstić information content (AvgIpc) is 3.62. The predicted molar refractivity (Wildman–Crippen MR) is 214 cm³/mol. The minimum absolute atomic E-state index is 0.144. The highest BCUT2D eigenvalue weighted by Crippen LogP contribution is 2.49. The summed E-state index contributed by atoms with van der Waals surface area (Å²) in [4.78, 5) is 21.1. The lowest BCUT2D eigenvalue weighted by Gasteiger charge is -2.52. The summed E-state index contributed by atoms with van der Waals surface area (Å²) in [6.45, 7) is 12.2. The van der Waals surface area contributed by atoms with E-state index in [-0.39, 0.29) is 23.5 Å². The van der Waals surface area contributed by atoms with Gasteiger partial charge < -0.3 is 23.8 Å². The summed E-state index contributed by atoms with van der Waals surface area (Å²) in [5.74, 6) is 0.417. The molecule has 0 aromatic heterocycles. The van der Waals surface area contributed by atoms with Crippen molar-refractivity contribution in [3.63, 3.8) is 0 Å². The topological polar surface area (TPSA) is 110 Å². The fraction of sp³-hybridized carbons (Fsp3) is 0.643. The Kier molecular flexibility index (Phi) is 11.3. The molecule has 4 aliphatic heterocycles. The highest BCUT2D eigenvalue weighted by Gasteiger charge is 2.50. The number of fused-ring (bicyclic) bond motifs is 4. The van der Waals surface area contributed by atoms with Crippen LogP contribution < -0.4 is 14.4 Å². The van der Waals surface area contributed by atoms with E-state index in [2.05, 4.69) is 43.7 Å². The van der Waals surface area contributed by atoms with Gasteiger partial charge in [-0.1, -0.05) is 36.7 Å². The summed E-state index contributed by atoms with van der Waals surface area (Å²) < 4.78 is 54.6. The quantitative estimate of drug-likeness (QED) is 0.403. The number of ether oxygens (including phenoxy) is 4. The third kappa shape index (κ3) is 7.94. The first kappa shape index (κ1) is 39.1. The van der Waals surface area contributed by atoms with Crippen molar-refractivity contribution in [1.82, 2.24) is 14.5 Å². The van der Waals surface area contributed by atoms with E-state index in [1.54, 1.807) is 13.0 Å². The SMILES string of the molecule is CO[C@@]1(CN2CCN(CC3OCCO3)CC2)/C=C\C[C@H](C)[C@@H](C)S(=O)(=O)NC(=O)c2ccc3c(c2)N(C[C@@H]2CC[C@H]21)C[C@@]1(CCCc2cc(Cl)ccc21)CO3. The number of methoxy groups -OCH3 is 1. The first-order chi connectivity index (χ1) is 26.5. The monoisotopic (exact) mass is 796 g/mol. The van der Waals surface area contributed by atoms with Gasteiger partial charge in [-0.15, -0.1) is 0 Å². The second-order valence-corrected chi connectivity index (χ2v) is 19.4. The van der Waals surface area contributed by atoms with Gasteiger partial charge in [0.1, 0.15) is 11.4 Å². The van der Waals surface area contributed by atoms with Gasteiger partial charge in [0.15, 0.2) is 6.29 Å². The molecule has 13 heteroatoms. The molecule has 2 aromatic carbocycles. The van der Waals surface area contributed by atoms with Gasteiger partial charge >= 0.3 is 0 Å². The maximum Gasteiger partial charge on any atom is 0.264 e. The Morgan fingerprint density at radius 1 is 1.02 bits per heavy atom. The summed E-state index contributed by atoms with van der Waals surface area (Å²) in [6, 6.07) is 11.6. The van der Waals surface area contributed by atoms with Crippen LogP contribution in [0.4, 0.5) is 5.69 Å². The number of rotatable bonds is 5. The fourth-order valence-corrected chi connectivity index (χ4v) is 11.5. The second kappa shape index (κ2) is 15.9. The standard InChI is InChI=1S/C42H57ClN4O7S/c1-29-6-4-15-42(51-3,27-46-18-16-45(17-19-46)25-39-52-20-21-53-39)36-11-8-33(36)24-47-26-41(14-5-7-31-22-34(43)10-12-35(31)41)28-54-38-13-9-32(23-37(38)47)40(48)44-55(49,50)30(29)2/h4,9-10,12-13,15,22-23,29-30,33,36,39H,5-8,11,14,16-21,24-28H2,1-3H3,(H,44,48)/b15-4-/t29-,30+,33-,36+,41-,42+/m0/s1. The van der Waals surface area contributed by atoms with Crippen LogP contribution in [0.15, 0.2) is 48.6 Å². The Morgan fingerprint density at radius 3 is 2.55 bits per heavy atom. The Morgan fingerprint density at radius 2 is 1.80 bits per heavy atom. The number of allylic oxidation sites excluding steroid dienone is 1. The Bertz CT molecular complexity index is 1870. The van der Waals surface area contributed by atoms with Gasteiger partial charge in [-0.3, -0.25) is 14.6 Å². The zero-order chi connectivity index (χ0) is 38.4. The van der Waals surface area contributed by atoms with Gasteiger partial charge in [0.2, 0.25) is 10.0 Å². The largest absolute Gasteiger partial charge is 0.490 e. The van der Waals surface area contributed by atoms with Crippen molar-refractivity contribution in [1.29, 1.82) is 0 Å². The van der Waals surface area contributed by atoms with Gasteiger partial charge in [-0.05, 0) is 105 Å². The Hall–Kier alpha value is -2.71. The van der Waals surface area contributed by atoms with E-state index in [4.69, 9.17) is 30.5 Å². The number of nitrogens with zero attached hydrogens (tertiary/aromatic N) is 3. The first-order valence-electron chi connectivity index (χ1n) is 20.2. The van der Waals surface area contributed by atoms with Crippen LogP contribution in [0.3, 0.4) is 0 Å². The molecular weight excluding hydrogens is 740 g/mol. The zero-order valence-corrected chi connectivity index (χ0v) is 34.1. The highest BCUT2D eigenvalue weighted by molar-refractivity contribution is 7.90. The summed E-state index contributed by atoms with van der Waals surface area (Å²) in [6.07, 6.45) is 9.85. The Labute approximate surface area is 331 Å². The molecule has 55 heavy (non-hydrogen) atoms. The highest BCUT2D eigenvalue weighted by atomic mass is 35.5. The van der Waals surface area contributed by atoms with Gasteiger partial charge in [0.25, 0.3) is 5.91 Å². The fourth-order valence-electron chi connectivity index (χ4n) is 10.0. The van der Waals surface area contributed by atoms with Crippen molar-refractivity contribution in [2.24, 2.45) is 17.8 Å². The van der Waals surface area contributed by atoms with E-state index in [0.717, 1.165) is 88.6 Å². The first-order valence-corrected chi connectivity index (χ1v) is 22.2. The smallest absolute Gasteiger partial charge is 0.264 e. The molecule has 2 aliphatic carbocycles. The van der Waals surface area contributed by atoms with Gasteiger partial charge in [0.05, 0.1) is 30.8 Å². The maximum absolute atomic E-state index is 13.7. The number of nitrogens with one attached hydrogen (secondary N) is 1. The normalized spacial score (nSPS) is 33.8. The molecule has 1 saturated carbocycles. The number of halogens is 1. The predicted octanol–water partition coefficient (Wildman–Crippen LogP) is 5.26. The van der Waals surface area contributed by atoms with Crippen LogP contribution in [0.25, 0.3) is 0 Å². The number of benzene rings is 2. The average molecular weight is 797 g/mol. The molecule has 2 saturated heterocycles. The van der Waals surface area contributed by atoms with Crippen LogP contribution in [0.1, 0.15) is 67.4 Å². The van der Waals surface area contributed by atoms with Gasteiger partial charge in [-0.25, -0.2) is 13.1 Å². The number of hydrogen-bond acceptors (Lipinski definition) is 10.